The molecule has 119 heavy (non-hydrogen) atoms. The van der Waals surface area contributed by atoms with Crippen molar-refractivity contribution >= 4 is 108 Å². The van der Waals surface area contributed by atoms with Gasteiger partial charge in [0.25, 0.3) is 0 Å². The van der Waals surface area contributed by atoms with E-state index in [0.29, 0.717) is 6.42 Å². The number of carboxylic acid groups (broad SMARTS) is 1. The van der Waals surface area contributed by atoms with E-state index in [-0.39, 0.29) is 55.6 Å². The fraction of sp³-hybridized carbons (Fsp3) is 0.730. The van der Waals surface area contributed by atoms with Crippen LogP contribution in [0.3, 0.4) is 0 Å². The summed E-state index contributed by atoms with van der Waals surface area (Å²) < 4.78 is 44.6. The van der Waals surface area contributed by atoms with E-state index in [1.807, 2.05) is 31.9 Å². The van der Waals surface area contributed by atoms with Crippen LogP contribution in [-0.2, 0) is 109 Å². The molecule has 30 N–H and O–H groups in total. The first-order valence-electron chi connectivity index (χ1n) is 36.2. The Morgan fingerprint density at radius 3 is 1.58 bits per heavy atom. The van der Waals surface area contributed by atoms with Crippen LogP contribution in [0.2, 0.25) is 0 Å². The van der Waals surface area contributed by atoms with Crippen molar-refractivity contribution in [3.05, 3.63) is 0 Å². The minimum absolute atomic E-state index is 0. The molecule has 0 radical (unpaired) electrons. The molecule has 1 unspecified atom stereocenters. The Kier molecular flexibility index (Phi) is 47.1. The van der Waals surface area contributed by atoms with Crippen LogP contribution in [0, 0.1) is 0 Å². The van der Waals surface area contributed by atoms with Gasteiger partial charge in [-0.05, 0) is 52.4 Å². The monoisotopic (exact) mass is 1750 g/mol. The third kappa shape index (κ3) is 35.2. The van der Waals surface area contributed by atoms with Gasteiger partial charge >= 0.3 is 43.3 Å². The Morgan fingerprint density at radius 2 is 1.06 bits per heavy atom. The normalized spacial score (nSPS) is 23.7. The fourth-order valence-electron chi connectivity index (χ4n) is 11.0. The van der Waals surface area contributed by atoms with Gasteiger partial charge in [0.05, 0.1) is 84.4 Å². The fourth-order valence-corrected chi connectivity index (χ4v) is 11.7. The Morgan fingerprint density at radius 1 is 0.563 bits per heavy atom. The smallest absolute Gasteiger partial charge is 0.862 e. The number of likely N-dealkylation sites (tertiary alicyclic amines) is 1. The van der Waals surface area contributed by atoms with E-state index in [1.165, 1.54) is 0 Å². The van der Waals surface area contributed by atoms with Gasteiger partial charge < -0.3 is 176 Å². The van der Waals surface area contributed by atoms with Gasteiger partial charge in [0.15, 0.2) is 12.6 Å². The second kappa shape index (κ2) is 52.6. The SMILES string of the molecule is CCCO[C@H]1O[C@H](CO)[C@@H](O)[C@H](O)[C@@H]1O[C@H]1O[C@H](COP(=O)(O)OCCNC(=O)CNC(=O)[C@H](CO)NC(=O)[C@@H]2CCCN2C(=O)[C@H](CO)NC(=O)[C@H](CO)NC(=O)[C@@H](NC(=O)[C@H](CCC(N)=O)NC(=O)[C@H](CO)NC(=O)[C@@H](NC(=O)[C@H](CC(=O)O)NC(=O)[C@H](CC(N)=O)NC(=O)CNC(=O)CN=C(C)[O-])[C@@H](C)O)[C@@H](C)O)[C@@H](O)[C@H](O)[C@@H]1O.[Na+]. The number of hydrogen-bond acceptors (Lipinski definition) is 37. The molecule has 0 aromatic rings. The number of hydrogen-bond donors (Lipinski definition) is 28. The molecular weight excluding hydrogens is 1640 g/mol. The number of nitrogens with two attached hydrogens (primary N) is 2. The zero-order valence-electron chi connectivity index (χ0n) is 64.9. The van der Waals surface area contributed by atoms with Crippen LogP contribution in [0.25, 0.3) is 0 Å². The van der Waals surface area contributed by atoms with Gasteiger partial charge in [0.2, 0.25) is 88.6 Å². The number of phosphoric ester groups is 1. The number of carbonyl (C=O) groups is 16. The first-order chi connectivity index (χ1) is 55.4. The number of carbonyl (C=O) groups excluding carboxylic acids is 15. The number of amides is 15. The summed E-state index contributed by atoms with van der Waals surface area (Å²) in [7, 11) is -5.10. The van der Waals surface area contributed by atoms with E-state index >= 15 is 0 Å². The van der Waals surface area contributed by atoms with Crippen LogP contribution in [0.1, 0.15) is 72.6 Å². The van der Waals surface area contributed by atoms with Gasteiger partial charge in [-0.15, -0.1) is 0 Å². The second-order valence-corrected chi connectivity index (χ2v) is 28.1. The van der Waals surface area contributed by atoms with Gasteiger partial charge in [-0.3, -0.25) is 90.8 Å². The molecule has 0 aromatic heterocycles. The number of carboxylic acids is 1. The summed E-state index contributed by atoms with van der Waals surface area (Å²) in [6, 6.07) is -20.0. The van der Waals surface area contributed by atoms with Crippen molar-refractivity contribution in [3.63, 3.8) is 0 Å². The van der Waals surface area contributed by atoms with E-state index in [9.17, 15) is 158 Å². The van der Waals surface area contributed by atoms with Crippen molar-refractivity contribution in [2.24, 2.45) is 16.5 Å². The van der Waals surface area contributed by atoms with E-state index in [2.05, 4.69) is 36.9 Å². The summed E-state index contributed by atoms with van der Waals surface area (Å²) in [6.45, 7) is -6.07. The van der Waals surface area contributed by atoms with Crippen LogP contribution < -0.4 is 110 Å². The van der Waals surface area contributed by atoms with Gasteiger partial charge in [0.1, 0.15) is 116 Å². The van der Waals surface area contributed by atoms with Crippen LogP contribution >= 0.6 is 7.82 Å². The molecule has 3 aliphatic rings. The molecular formula is C63H104N16NaO38P. The first kappa shape index (κ1) is 107. The van der Waals surface area contributed by atoms with Gasteiger partial charge in [-0.2, -0.15) is 0 Å². The molecule has 15 amide bonds. The standard InChI is InChI=1S/C63H105N16O38P.Na/c1-5-12-112-63-51(49(98)46(95)36(23-84)115-63)117-62-50(99)48(97)47(96)37(116-62)24-114-118(110,111)113-13-10-66-40(90)17-69-52(100)31(19-80)73-58(106)35-7-6-11-79(35)61(109)34(22-83)76-57(105)33(21-82)75-59(107)44(25(2)85)77-53(101)28(8-9-38(64)88)71-56(104)32(20-81)74-60(108)45(26(3)86)78-55(103)30(15-43(93)94)72-54(102)29(14-39(65)89)70-42(92)18-68-41(91)16-67-27(4)87;/h25-26,28-37,44-51,62-63,80-86,95-99H,5-24H2,1-4H3,(H2,64,88)(H2,65,89)(H,66,90)(H,67,87)(H,68,91)(H,69,100)(H,70,92)(H,71,104)(H,72,102)(H,73,106)(H,74,108)(H,75,107)(H,76,105)(H,77,101)(H,78,103)(H,93,94)(H,110,111);/q;+1/p-1/t25-,26-,28+,29+,30+,31+,32+,33+,34+,35+,36-,37-,44+,45+,46-,47-,48+,49+,50+,51+,62-,63+;/m1./s1. The predicted molar refractivity (Wildman–Crippen MR) is 383 cm³/mol. The minimum atomic E-state index is -5.10. The Bertz CT molecular complexity index is 3540. The summed E-state index contributed by atoms with van der Waals surface area (Å²) in [5, 5.41) is 170. The van der Waals surface area contributed by atoms with Crippen molar-refractivity contribution in [2.75, 3.05) is 85.6 Å². The molecule has 3 heterocycles. The average molecular weight is 1750 g/mol. The molecule has 54 nitrogen and oxygen atoms in total. The summed E-state index contributed by atoms with van der Waals surface area (Å²) in [4.78, 5) is 223. The summed E-state index contributed by atoms with van der Waals surface area (Å²) >= 11 is 0. The molecule has 0 saturated carbocycles. The van der Waals surface area contributed by atoms with E-state index in [0.717, 1.165) is 25.7 Å². The van der Waals surface area contributed by atoms with Crippen LogP contribution in [0.5, 0.6) is 0 Å². The van der Waals surface area contributed by atoms with Gasteiger partial charge in [0, 0.05) is 26.1 Å². The van der Waals surface area contributed by atoms with Crippen LogP contribution in [0.4, 0.5) is 0 Å². The van der Waals surface area contributed by atoms with Crippen molar-refractivity contribution in [3.8, 4) is 0 Å². The maximum atomic E-state index is 13.9. The zero-order valence-corrected chi connectivity index (χ0v) is 67.8. The van der Waals surface area contributed by atoms with Gasteiger partial charge in [-0.1, -0.05) is 6.92 Å². The molecule has 56 heteroatoms. The number of aliphatic imine (C=N–C) groups is 1. The molecule has 670 valence electrons. The Hall–Kier alpha value is -8.54. The van der Waals surface area contributed by atoms with Crippen molar-refractivity contribution in [1.82, 2.24) is 68.7 Å². The van der Waals surface area contributed by atoms with Crippen molar-refractivity contribution in [1.29, 1.82) is 0 Å². The van der Waals surface area contributed by atoms with Crippen molar-refractivity contribution in [2.45, 2.75) is 207 Å². The number of aliphatic hydroxyl groups excluding tert-OH is 12. The van der Waals surface area contributed by atoms with E-state index in [1.54, 1.807) is 6.92 Å². The maximum Gasteiger partial charge on any atom is 1.00 e. The number of primary amides is 2. The number of nitrogens with one attached hydrogen (secondary N) is 12. The zero-order chi connectivity index (χ0) is 89.2. The molecule has 0 spiro atoms. The van der Waals surface area contributed by atoms with E-state index in [4.69, 9.17) is 39.5 Å². The number of rotatable bonds is 51. The molecule has 3 aliphatic heterocycles. The molecule has 3 fully saturated rings. The number of aliphatic hydroxyl groups is 12. The number of nitrogens with zero attached hydrogens (tertiary/aromatic N) is 2. The topological polar surface area (TPSA) is 864 Å². The largest absolute Gasteiger partial charge is 1.00 e. The van der Waals surface area contributed by atoms with Crippen LogP contribution in [0.15, 0.2) is 4.99 Å². The minimum Gasteiger partial charge on any atom is -0.862 e. The molecule has 0 aliphatic carbocycles. The predicted octanol–water partition coefficient (Wildman–Crippen LogP) is -22.0. The Labute approximate surface area is 697 Å². The van der Waals surface area contributed by atoms with Crippen LogP contribution in [-0.4, -0.2) is 396 Å². The van der Waals surface area contributed by atoms with E-state index < -0.39 is 340 Å². The Balaban J connectivity index is 0.0000480. The maximum absolute atomic E-state index is 13.9. The molecule has 0 aromatic carbocycles. The molecule has 0 bridgehead atoms. The quantitative estimate of drug-likeness (QED) is 0.00884. The summed E-state index contributed by atoms with van der Waals surface area (Å²) in [5.41, 5.74) is 10.5. The third-order valence-electron chi connectivity index (χ3n) is 17.3. The summed E-state index contributed by atoms with van der Waals surface area (Å²) in [5.74, 6) is -21.6. The number of aliphatic carboxylic acids is 1. The average Bonchev–Trinajstić information content (AvgIpc) is 2.04. The summed E-state index contributed by atoms with van der Waals surface area (Å²) in [6.07, 6.45) is -24.9. The third-order valence-corrected chi connectivity index (χ3v) is 18.2. The number of phosphoric acid groups is 1. The van der Waals surface area contributed by atoms with Gasteiger partial charge in [-0.25, -0.2) is 4.57 Å². The molecule has 3 rings (SSSR count). The second-order valence-electron chi connectivity index (χ2n) is 26.6. The first-order valence-corrected chi connectivity index (χ1v) is 37.7. The molecule has 23 atom stereocenters. The molecule has 3 saturated heterocycles. The van der Waals surface area contributed by atoms with Crippen molar-refractivity contribution < 1.29 is 215 Å². The number of ether oxygens (including phenoxy) is 4.